The number of carbonyl (C=O) groups is 1. The van der Waals surface area contributed by atoms with E-state index >= 15 is 0 Å². The van der Waals surface area contributed by atoms with Crippen LogP contribution in [-0.2, 0) is 17.9 Å². The number of hydrogen-bond acceptors (Lipinski definition) is 4. The largest absolute Gasteiger partial charge is 0.383 e. The van der Waals surface area contributed by atoms with E-state index in [4.69, 9.17) is 0 Å². The molecule has 6 nitrogen and oxygen atoms in total. The Kier molecular flexibility index (Phi) is 3.53. The minimum Gasteiger partial charge on any atom is -0.383 e. The van der Waals surface area contributed by atoms with Crippen LogP contribution in [0.15, 0.2) is 6.33 Å². The minimum atomic E-state index is -3.78. The maximum atomic E-state index is 13.8. The van der Waals surface area contributed by atoms with Crippen LogP contribution in [0, 0.1) is 0 Å². The Bertz CT molecular complexity index is 471. The third-order valence-electron chi connectivity index (χ3n) is 3.49. The maximum absolute atomic E-state index is 13.8. The van der Waals surface area contributed by atoms with Crippen LogP contribution in [0.5, 0.6) is 0 Å². The van der Waals surface area contributed by atoms with Crippen molar-refractivity contribution < 1.29 is 18.7 Å². The van der Waals surface area contributed by atoms with Crippen molar-refractivity contribution >= 4 is 5.91 Å². The molecule has 1 aromatic heterocycles. The second-order valence-corrected chi connectivity index (χ2v) is 4.68. The van der Waals surface area contributed by atoms with Gasteiger partial charge in [0.15, 0.2) is 5.82 Å². The monoisotopic (exact) mass is 274 g/mol. The van der Waals surface area contributed by atoms with Crippen molar-refractivity contribution in [3.63, 3.8) is 0 Å². The zero-order valence-electron chi connectivity index (χ0n) is 10.6. The van der Waals surface area contributed by atoms with Crippen LogP contribution in [0.25, 0.3) is 0 Å². The highest BCUT2D eigenvalue weighted by Gasteiger charge is 2.61. The number of hydrogen-bond donors (Lipinski definition) is 2. The average molecular weight is 274 g/mol. The topological polar surface area (TPSA) is 80.0 Å². The van der Waals surface area contributed by atoms with Crippen LogP contribution >= 0.6 is 0 Å². The van der Waals surface area contributed by atoms with Crippen molar-refractivity contribution in [2.75, 3.05) is 0 Å². The Morgan fingerprint density at radius 2 is 2.32 bits per heavy atom. The minimum absolute atomic E-state index is 0.0570. The Labute approximate surface area is 108 Å². The maximum Gasteiger partial charge on any atom is 0.352 e. The van der Waals surface area contributed by atoms with Crippen LogP contribution in [0.4, 0.5) is 8.78 Å². The van der Waals surface area contributed by atoms with Crippen molar-refractivity contribution in [2.24, 2.45) is 0 Å². The molecule has 0 radical (unpaired) electrons. The molecule has 1 saturated carbocycles. The first-order valence-corrected chi connectivity index (χ1v) is 6.16. The van der Waals surface area contributed by atoms with Gasteiger partial charge in [0.1, 0.15) is 11.9 Å². The molecule has 2 rings (SSSR count). The molecule has 19 heavy (non-hydrogen) atoms. The molecule has 106 valence electrons. The Hall–Kier alpha value is -1.57. The van der Waals surface area contributed by atoms with Crippen molar-refractivity contribution in [3.05, 3.63) is 12.2 Å². The molecule has 1 aromatic rings. The van der Waals surface area contributed by atoms with Crippen LogP contribution in [0.1, 0.15) is 32.0 Å². The summed E-state index contributed by atoms with van der Waals surface area (Å²) >= 11 is 0. The molecule has 1 aliphatic carbocycles. The Morgan fingerprint density at radius 1 is 1.63 bits per heavy atom. The van der Waals surface area contributed by atoms with Gasteiger partial charge in [-0.2, -0.15) is 8.78 Å². The SMILES string of the molecule is CCn1cnnc1CNC(=O)C(F)(F)C1(O)CCC1. The van der Waals surface area contributed by atoms with Crippen LogP contribution in [0.2, 0.25) is 0 Å². The van der Waals surface area contributed by atoms with Crippen LogP contribution < -0.4 is 5.32 Å². The number of amides is 1. The first kappa shape index (κ1) is 13.9. The zero-order valence-corrected chi connectivity index (χ0v) is 10.6. The van der Waals surface area contributed by atoms with Gasteiger partial charge in [-0.1, -0.05) is 0 Å². The second-order valence-electron chi connectivity index (χ2n) is 4.68. The highest BCUT2D eigenvalue weighted by Crippen LogP contribution is 2.44. The number of rotatable bonds is 5. The normalized spacial score (nSPS) is 17.9. The number of aliphatic hydroxyl groups is 1. The summed E-state index contributed by atoms with van der Waals surface area (Å²) < 4.78 is 29.1. The lowest BCUT2D eigenvalue weighted by Gasteiger charge is -2.41. The van der Waals surface area contributed by atoms with Gasteiger partial charge in [0, 0.05) is 6.54 Å². The van der Waals surface area contributed by atoms with E-state index in [1.54, 1.807) is 4.57 Å². The summed E-state index contributed by atoms with van der Waals surface area (Å²) in [5, 5.41) is 19.1. The smallest absolute Gasteiger partial charge is 0.352 e. The second kappa shape index (κ2) is 4.84. The van der Waals surface area contributed by atoms with E-state index in [0.29, 0.717) is 18.8 Å². The molecule has 1 fully saturated rings. The van der Waals surface area contributed by atoms with Gasteiger partial charge in [0.05, 0.1) is 6.54 Å². The fourth-order valence-corrected chi connectivity index (χ4v) is 1.99. The summed E-state index contributed by atoms with van der Waals surface area (Å²) in [5.41, 5.74) is -2.20. The lowest BCUT2D eigenvalue weighted by atomic mass is 9.75. The number of halogens is 2. The quantitative estimate of drug-likeness (QED) is 0.817. The fourth-order valence-electron chi connectivity index (χ4n) is 1.99. The lowest BCUT2D eigenvalue weighted by molar-refractivity contribution is -0.216. The van der Waals surface area contributed by atoms with E-state index in [-0.39, 0.29) is 19.4 Å². The molecular formula is C11H16F2N4O2. The molecule has 0 saturated heterocycles. The van der Waals surface area contributed by atoms with E-state index in [1.165, 1.54) is 6.33 Å². The first-order chi connectivity index (χ1) is 8.90. The van der Waals surface area contributed by atoms with Crippen molar-refractivity contribution in [2.45, 2.75) is 50.8 Å². The number of aryl methyl sites for hydroxylation is 1. The van der Waals surface area contributed by atoms with Gasteiger partial charge >= 0.3 is 5.92 Å². The number of alkyl halides is 2. The van der Waals surface area contributed by atoms with Crippen LogP contribution in [-0.4, -0.2) is 37.3 Å². The molecule has 0 bridgehead atoms. The molecular weight excluding hydrogens is 258 g/mol. The third kappa shape index (κ3) is 2.32. The van der Waals surface area contributed by atoms with Gasteiger partial charge in [-0.3, -0.25) is 4.79 Å². The van der Waals surface area contributed by atoms with Gasteiger partial charge in [0.25, 0.3) is 5.91 Å². The van der Waals surface area contributed by atoms with Gasteiger partial charge in [-0.25, -0.2) is 0 Å². The Balaban J connectivity index is 1.98. The summed E-state index contributed by atoms with van der Waals surface area (Å²) in [6.45, 7) is 2.29. The first-order valence-electron chi connectivity index (χ1n) is 6.16. The summed E-state index contributed by atoms with van der Waals surface area (Å²) in [5.74, 6) is -4.85. The average Bonchev–Trinajstić information content (AvgIpc) is 2.79. The predicted molar refractivity (Wildman–Crippen MR) is 61.3 cm³/mol. The summed E-state index contributed by atoms with van der Waals surface area (Å²) in [4.78, 5) is 11.5. The number of nitrogens with one attached hydrogen (secondary N) is 1. The van der Waals surface area contributed by atoms with E-state index in [9.17, 15) is 18.7 Å². The zero-order chi connectivity index (χ0) is 14.1. The highest BCUT2D eigenvalue weighted by molar-refractivity contribution is 5.85. The van der Waals surface area contributed by atoms with Crippen molar-refractivity contribution in [1.82, 2.24) is 20.1 Å². The lowest BCUT2D eigenvalue weighted by Crippen LogP contribution is -2.60. The molecule has 0 atom stereocenters. The highest BCUT2D eigenvalue weighted by atomic mass is 19.3. The number of nitrogens with zero attached hydrogens (tertiary/aromatic N) is 3. The Morgan fingerprint density at radius 3 is 2.84 bits per heavy atom. The van der Waals surface area contributed by atoms with E-state index in [0.717, 1.165) is 0 Å². The standard InChI is InChI=1S/C11H16F2N4O2/c1-2-17-7-15-16-8(17)6-14-9(18)11(12,13)10(19)4-3-5-10/h7,19H,2-6H2,1H3,(H,14,18). The number of carbonyl (C=O) groups excluding carboxylic acids is 1. The van der Waals surface area contributed by atoms with Crippen molar-refractivity contribution in [1.29, 1.82) is 0 Å². The molecule has 8 heteroatoms. The van der Waals surface area contributed by atoms with Crippen molar-refractivity contribution in [3.8, 4) is 0 Å². The molecule has 1 aliphatic rings. The third-order valence-corrected chi connectivity index (χ3v) is 3.49. The number of aromatic nitrogens is 3. The molecule has 2 N–H and O–H groups in total. The molecule has 1 heterocycles. The van der Waals surface area contributed by atoms with Crippen LogP contribution in [0.3, 0.4) is 0 Å². The van der Waals surface area contributed by atoms with E-state index in [1.807, 2.05) is 6.92 Å². The van der Waals surface area contributed by atoms with Gasteiger partial charge < -0.3 is 15.0 Å². The van der Waals surface area contributed by atoms with Gasteiger partial charge in [-0.05, 0) is 26.2 Å². The molecule has 0 aromatic carbocycles. The van der Waals surface area contributed by atoms with Gasteiger partial charge in [0.2, 0.25) is 0 Å². The molecule has 1 amide bonds. The predicted octanol–water partition coefficient (Wildman–Crippen LogP) is 0.464. The fraction of sp³-hybridized carbons (Fsp3) is 0.727. The van der Waals surface area contributed by atoms with E-state index < -0.39 is 17.4 Å². The molecule has 0 aliphatic heterocycles. The van der Waals surface area contributed by atoms with E-state index in [2.05, 4.69) is 15.5 Å². The summed E-state index contributed by atoms with van der Waals surface area (Å²) in [7, 11) is 0. The van der Waals surface area contributed by atoms with Gasteiger partial charge in [-0.15, -0.1) is 10.2 Å². The molecule has 0 unspecified atom stereocenters. The molecule has 0 spiro atoms. The summed E-state index contributed by atoms with van der Waals surface area (Å²) in [6, 6.07) is 0. The summed E-state index contributed by atoms with van der Waals surface area (Å²) in [6.07, 6.45) is 1.85.